The smallest absolute Gasteiger partial charge is 0.0220 e. The summed E-state index contributed by atoms with van der Waals surface area (Å²) in [5.74, 6) is 0. The van der Waals surface area contributed by atoms with Crippen LogP contribution < -0.4 is 5.73 Å². The maximum Gasteiger partial charge on any atom is 0.0220 e. The molecule has 96 valence electrons. The van der Waals surface area contributed by atoms with Crippen molar-refractivity contribution >= 4 is 0 Å². The van der Waals surface area contributed by atoms with Gasteiger partial charge in [0.2, 0.25) is 0 Å². The molecule has 1 saturated heterocycles. The van der Waals surface area contributed by atoms with Crippen molar-refractivity contribution in [1.82, 2.24) is 9.80 Å². The number of likely N-dealkylation sites (N-methyl/N-ethyl adjacent to an activating group) is 2. The van der Waals surface area contributed by atoms with Crippen molar-refractivity contribution in [2.75, 3.05) is 33.7 Å². The van der Waals surface area contributed by atoms with Gasteiger partial charge in [-0.3, -0.25) is 0 Å². The Labute approximate surface area is 101 Å². The van der Waals surface area contributed by atoms with Crippen molar-refractivity contribution in [2.45, 2.75) is 51.1 Å². The first-order valence-electron chi connectivity index (χ1n) is 6.56. The van der Waals surface area contributed by atoms with Gasteiger partial charge in [0.15, 0.2) is 0 Å². The van der Waals surface area contributed by atoms with Gasteiger partial charge in [-0.15, -0.1) is 0 Å². The second-order valence-corrected chi connectivity index (χ2v) is 6.13. The zero-order valence-corrected chi connectivity index (χ0v) is 11.5. The highest BCUT2D eigenvalue weighted by Gasteiger charge is 2.21. The van der Waals surface area contributed by atoms with Gasteiger partial charge in [-0.25, -0.2) is 0 Å². The molecule has 0 saturated carbocycles. The lowest BCUT2D eigenvalue weighted by Crippen LogP contribution is -2.45. The van der Waals surface area contributed by atoms with Crippen molar-refractivity contribution in [3.63, 3.8) is 0 Å². The van der Waals surface area contributed by atoms with Crippen LogP contribution >= 0.6 is 0 Å². The third-order valence-electron chi connectivity index (χ3n) is 3.55. The summed E-state index contributed by atoms with van der Waals surface area (Å²) in [7, 11) is 4.48. The standard InChI is InChI=1S/C13H29N3/c1-13(2,14)8-6-10-16(4)12-7-5-9-15(3)11-12/h12H,5-11,14H2,1-4H3. The van der Waals surface area contributed by atoms with Gasteiger partial charge in [-0.05, 0) is 66.7 Å². The number of nitrogens with zero attached hydrogens (tertiary/aromatic N) is 2. The van der Waals surface area contributed by atoms with Crippen molar-refractivity contribution in [3.8, 4) is 0 Å². The molecule has 0 aromatic heterocycles. The summed E-state index contributed by atoms with van der Waals surface area (Å²) in [4.78, 5) is 4.96. The summed E-state index contributed by atoms with van der Waals surface area (Å²) in [6.45, 7) is 7.89. The van der Waals surface area contributed by atoms with E-state index in [0.717, 1.165) is 12.5 Å². The van der Waals surface area contributed by atoms with Crippen LogP contribution in [0.15, 0.2) is 0 Å². The summed E-state index contributed by atoms with van der Waals surface area (Å²) in [6, 6.07) is 0.750. The molecule has 3 heteroatoms. The van der Waals surface area contributed by atoms with E-state index in [1.165, 1.54) is 38.9 Å². The minimum Gasteiger partial charge on any atom is -0.326 e. The predicted octanol–water partition coefficient (Wildman–Crippen LogP) is 1.53. The highest BCUT2D eigenvalue weighted by atomic mass is 15.2. The zero-order valence-electron chi connectivity index (χ0n) is 11.5. The Morgan fingerprint density at radius 2 is 2.12 bits per heavy atom. The third kappa shape index (κ3) is 5.28. The van der Waals surface area contributed by atoms with E-state index in [-0.39, 0.29) is 5.54 Å². The van der Waals surface area contributed by atoms with Crippen molar-refractivity contribution in [3.05, 3.63) is 0 Å². The first kappa shape index (κ1) is 13.9. The molecule has 0 radical (unpaired) electrons. The Balaban J connectivity index is 2.21. The number of hydrogen-bond donors (Lipinski definition) is 1. The summed E-state index contributed by atoms with van der Waals surface area (Å²) < 4.78 is 0. The monoisotopic (exact) mass is 227 g/mol. The van der Waals surface area contributed by atoms with Crippen molar-refractivity contribution < 1.29 is 0 Å². The number of likely N-dealkylation sites (tertiary alicyclic amines) is 1. The number of rotatable bonds is 5. The molecule has 0 bridgehead atoms. The van der Waals surface area contributed by atoms with E-state index < -0.39 is 0 Å². The van der Waals surface area contributed by atoms with Gasteiger partial charge in [0.1, 0.15) is 0 Å². The molecule has 1 aliphatic heterocycles. The second-order valence-electron chi connectivity index (χ2n) is 6.13. The molecule has 1 atom stereocenters. The third-order valence-corrected chi connectivity index (χ3v) is 3.55. The fourth-order valence-corrected chi connectivity index (χ4v) is 2.47. The highest BCUT2D eigenvalue weighted by Crippen LogP contribution is 2.15. The molecule has 16 heavy (non-hydrogen) atoms. The van der Waals surface area contributed by atoms with Crippen molar-refractivity contribution in [2.24, 2.45) is 5.73 Å². The van der Waals surface area contributed by atoms with Crippen LogP contribution in [-0.4, -0.2) is 55.1 Å². The van der Waals surface area contributed by atoms with E-state index in [9.17, 15) is 0 Å². The zero-order chi connectivity index (χ0) is 12.2. The van der Waals surface area contributed by atoms with E-state index >= 15 is 0 Å². The lowest BCUT2D eigenvalue weighted by molar-refractivity contribution is 0.131. The molecule has 0 aromatic rings. The minimum absolute atomic E-state index is 0.00973. The highest BCUT2D eigenvalue weighted by molar-refractivity contribution is 4.78. The quantitative estimate of drug-likeness (QED) is 0.773. The molecule has 2 N–H and O–H groups in total. The lowest BCUT2D eigenvalue weighted by Gasteiger charge is -2.36. The molecular formula is C13H29N3. The average Bonchev–Trinajstić information content (AvgIpc) is 2.15. The molecule has 1 rings (SSSR count). The second kappa shape index (κ2) is 5.99. The minimum atomic E-state index is -0.00973. The molecule has 0 amide bonds. The van der Waals surface area contributed by atoms with E-state index in [1.807, 2.05) is 0 Å². The summed E-state index contributed by atoms with van der Waals surface area (Å²) >= 11 is 0. The van der Waals surface area contributed by atoms with Crippen LogP contribution in [0.1, 0.15) is 39.5 Å². The van der Waals surface area contributed by atoms with Crippen molar-refractivity contribution in [1.29, 1.82) is 0 Å². The normalized spacial score (nSPS) is 24.0. The molecule has 0 aromatic carbocycles. The van der Waals surface area contributed by atoms with Crippen LogP contribution in [0.4, 0.5) is 0 Å². The Kier molecular flexibility index (Phi) is 5.22. The molecule has 3 nitrogen and oxygen atoms in total. The van der Waals surface area contributed by atoms with Crippen LogP contribution in [0.2, 0.25) is 0 Å². The topological polar surface area (TPSA) is 32.5 Å². The van der Waals surface area contributed by atoms with Gasteiger partial charge in [0.25, 0.3) is 0 Å². The van der Waals surface area contributed by atoms with Gasteiger partial charge in [-0.2, -0.15) is 0 Å². The van der Waals surface area contributed by atoms with Gasteiger partial charge >= 0.3 is 0 Å². The van der Waals surface area contributed by atoms with Gasteiger partial charge in [0, 0.05) is 18.1 Å². The largest absolute Gasteiger partial charge is 0.326 e. The Morgan fingerprint density at radius 1 is 1.44 bits per heavy atom. The fourth-order valence-electron chi connectivity index (χ4n) is 2.47. The first-order valence-corrected chi connectivity index (χ1v) is 6.56. The summed E-state index contributed by atoms with van der Waals surface area (Å²) in [5.41, 5.74) is 5.99. The van der Waals surface area contributed by atoms with Gasteiger partial charge in [-0.1, -0.05) is 0 Å². The number of hydrogen-bond acceptors (Lipinski definition) is 3. The fraction of sp³-hybridized carbons (Fsp3) is 1.00. The molecular weight excluding hydrogens is 198 g/mol. The van der Waals surface area contributed by atoms with Crippen LogP contribution in [0.5, 0.6) is 0 Å². The molecule has 1 unspecified atom stereocenters. The van der Waals surface area contributed by atoms with Crippen LogP contribution in [-0.2, 0) is 0 Å². The SMILES string of the molecule is CN1CCCC(N(C)CCCC(C)(C)N)C1. The van der Waals surface area contributed by atoms with Crippen LogP contribution in [0, 0.1) is 0 Å². The van der Waals surface area contributed by atoms with E-state index in [1.54, 1.807) is 0 Å². The molecule has 0 spiro atoms. The van der Waals surface area contributed by atoms with Gasteiger partial charge < -0.3 is 15.5 Å². The summed E-state index contributed by atoms with van der Waals surface area (Å²) in [5, 5.41) is 0. The average molecular weight is 227 g/mol. The first-order chi connectivity index (χ1) is 7.38. The Hall–Kier alpha value is -0.120. The molecule has 1 aliphatic rings. The van der Waals surface area contributed by atoms with Gasteiger partial charge in [0.05, 0.1) is 0 Å². The molecule has 0 aliphatic carbocycles. The Bertz CT molecular complexity index is 198. The number of piperidine rings is 1. The maximum absolute atomic E-state index is 6.00. The Morgan fingerprint density at radius 3 is 2.69 bits per heavy atom. The number of nitrogens with two attached hydrogens (primary N) is 1. The van der Waals surface area contributed by atoms with Crippen LogP contribution in [0.25, 0.3) is 0 Å². The molecule has 1 heterocycles. The van der Waals surface area contributed by atoms with E-state index in [4.69, 9.17) is 5.73 Å². The maximum atomic E-state index is 6.00. The van der Waals surface area contributed by atoms with E-state index in [0.29, 0.717) is 0 Å². The summed E-state index contributed by atoms with van der Waals surface area (Å²) in [6.07, 6.45) is 5.01. The molecule has 1 fully saturated rings. The lowest BCUT2D eigenvalue weighted by atomic mass is 9.99. The van der Waals surface area contributed by atoms with Crippen LogP contribution in [0.3, 0.4) is 0 Å². The van der Waals surface area contributed by atoms with E-state index in [2.05, 4.69) is 37.7 Å². The predicted molar refractivity (Wildman–Crippen MR) is 70.6 cm³/mol.